The van der Waals surface area contributed by atoms with Gasteiger partial charge in [0.2, 0.25) is 0 Å². The van der Waals surface area contributed by atoms with E-state index in [1.807, 2.05) is 25.1 Å². The largest absolute Gasteiger partial charge is 0.332 e. The van der Waals surface area contributed by atoms with Gasteiger partial charge in [-0.15, -0.1) is 0 Å². The molecule has 0 aliphatic heterocycles. The molecule has 0 aliphatic carbocycles. The quantitative estimate of drug-likeness (QED) is 0.666. The van der Waals surface area contributed by atoms with Crippen LogP contribution in [-0.4, -0.2) is 12.5 Å². The molecular weight excluding hydrogens is 376 g/mol. The van der Waals surface area contributed by atoms with E-state index in [0.717, 1.165) is 15.7 Å². The smallest absolute Gasteiger partial charge is 0.279 e. The van der Waals surface area contributed by atoms with Gasteiger partial charge in [0.1, 0.15) is 6.04 Å². The molecule has 0 unspecified atom stereocenters. The maximum Gasteiger partial charge on any atom is 0.279 e. The molecule has 3 rings (SSSR count). The van der Waals surface area contributed by atoms with Gasteiger partial charge in [-0.2, -0.15) is 0 Å². The average molecular weight is 398 g/mol. The number of carbonyl (C=O) groups excluding carboxylic acids is 1. The molecular formula is C21H22BrN2O+. The summed E-state index contributed by atoms with van der Waals surface area (Å²) < 4.78 is 1.01. The van der Waals surface area contributed by atoms with Gasteiger partial charge in [0, 0.05) is 15.7 Å². The highest BCUT2D eigenvalue weighted by atomic mass is 79.9. The van der Waals surface area contributed by atoms with Crippen molar-refractivity contribution in [3.63, 3.8) is 0 Å². The van der Waals surface area contributed by atoms with Crippen LogP contribution in [0.1, 0.15) is 24.1 Å². The lowest BCUT2D eigenvalue weighted by Crippen LogP contribution is -2.86. The average Bonchev–Trinajstić information content (AvgIpc) is 2.61. The molecule has 0 fully saturated rings. The van der Waals surface area contributed by atoms with E-state index in [1.54, 1.807) is 0 Å². The number of nitrogens with two attached hydrogens (primary N) is 1. The molecule has 1 atom stereocenters. The first-order valence-electron chi connectivity index (χ1n) is 8.41. The van der Waals surface area contributed by atoms with Gasteiger partial charge >= 0.3 is 0 Å². The summed E-state index contributed by atoms with van der Waals surface area (Å²) in [7, 11) is 0. The number of halogens is 1. The monoisotopic (exact) mass is 397 g/mol. The molecule has 0 aliphatic rings. The lowest BCUT2D eigenvalue weighted by atomic mass is 10.00. The van der Waals surface area contributed by atoms with Crippen LogP contribution in [0.4, 0.5) is 5.69 Å². The summed E-state index contributed by atoms with van der Waals surface area (Å²) in [5.41, 5.74) is 3.16. The molecule has 0 saturated heterocycles. The maximum atomic E-state index is 12.3. The van der Waals surface area contributed by atoms with Crippen molar-refractivity contribution >= 4 is 38.3 Å². The summed E-state index contributed by atoms with van der Waals surface area (Å²) in [6.07, 6.45) is 0. The minimum absolute atomic E-state index is 0.0116. The topological polar surface area (TPSA) is 45.7 Å². The van der Waals surface area contributed by atoms with Crippen LogP contribution in [0.5, 0.6) is 0 Å². The minimum Gasteiger partial charge on any atom is -0.332 e. The molecule has 128 valence electrons. The number of quaternary nitrogens is 1. The predicted octanol–water partition coefficient (Wildman–Crippen LogP) is 4.17. The van der Waals surface area contributed by atoms with Crippen LogP contribution in [0.15, 0.2) is 65.1 Å². The second-order valence-electron chi connectivity index (χ2n) is 6.30. The van der Waals surface area contributed by atoms with E-state index in [0.29, 0.717) is 6.54 Å². The minimum atomic E-state index is 0.0116. The van der Waals surface area contributed by atoms with Crippen LogP contribution in [0.2, 0.25) is 0 Å². The van der Waals surface area contributed by atoms with Gasteiger partial charge in [-0.3, -0.25) is 4.79 Å². The molecule has 1 amide bonds. The normalized spacial score (nSPS) is 12.1. The molecule has 3 aromatic carbocycles. The molecule has 0 aromatic heterocycles. The number of amides is 1. The fourth-order valence-corrected chi connectivity index (χ4v) is 3.50. The number of aryl methyl sites for hydroxylation is 1. The van der Waals surface area contributed by atoms with Crippen molar-refractivity contribution < 1.29 is 10.1 Å². The molecule has 25 heavy (non-hydrogen) atoms. The summed E-state index contributed by atoms with van der Waals surface area (Å²) in [4.78, 5) is 12.3. The van der Waals surface area contributed by atoms with Gasteiger partial charge in [0.25, 0.3) is 5.91 Å². The van der Waals surface area contributed by atoms with E-state index in [-0.39, 0.29) is 11.9 Å². The number of hydrogen-bond donors (Lipinski definition) is 2. The van der Waals surface area contributed by atoms with Crippen LogP contribution < -0.4 is 10.6 Å². The molecule has 0 spiro atoms. The van der Waals surface area contributed by atoms with Gasteiger partial charge in [-0.25, -0.2) is 0 Å². The molecule has 0 radical (unpaired) electrons. The Kier molecular flexibility index (Phi) is 5.51. The standard InChI is InChI=1S/C21H21BrN2O/c1-14-12-17(22)10-11-20(14)24-21(25)13-23-15(2)18-9-5-7-16-6-3-4-8-19(16)18/h3-12,15,23H,13H2,1-2H3,(H,24,25)/p+1/t15-/m1/s1. The number of hydrogen-bond acceptors (Lipinski definition) is 1. The Morgan fingerprint density at radius 1 is 1.12 bits per heavy atom. The zero-order valence-electron chi connectivity index (χ0n) is 14.4. The summed E-state index contributed by atoms with van der Waals surface area (Å²) in [6.45, 7) is 4.52. The molecule has 0 heterocycles. The summed E-state index contributed by atoms with van der Waals surface area (Å²) >= 11 is 3.44. The number of fused-ring (bicyclic) bond motifs is 1. The Labute approximate surface area is 156 Å². The second-order valence-corrected chi connectivity index (χ2v) is 7.22. The third-order valence-electron chi connectivity index (χ3n) is 4.43. The van der Waals surface area contributed by atoms with Crippen LogP contribution in [0.25, 0.3) is 10.8 Å². The molecule has 0 bridgehead atoms. The van der Waals surface area contributed by atoms with E-state index in [4.69, 9.17) is 0 Å². The highest BCUT2D eigenvalue weighted by Gasteiger charge is 2.14. The van der Waals surface area contributed by atoms with Crippen LogP contribution in [0, 0.1) is 6.92 Å². The summed E-state index contributed by atoms with van der Waals surface area (Å²) in [6, 6.07) is 20.8. The van der Waals surface area contributed by atoms with E-state index < -0.39 is 0 Å². The maximum absolute atomic E-state index is 12.3. The predicted molar refractivity (Wildman–Crippen MR) is 107 cm³/mol. The van der Waals surface area contributed by atoms with Crippen molar-refractivity contribution in [2.24, 2.45) is 0 Å². The second kappa shape index (κ2) is 7.81. The zero-order chi connectivity index (χ0) is 17.8. The van der Waals surface area contributed by atoms with Crippen LogP contribution in [-0.2, 0) is 4.79 Å². The van der Waals surface area contributed by atoms with Gasteiger partial charge in [0.05, 0.1) is 0 Å². The first-order chi connectivity index (χ1) is 12.0. The van der Waals surface area contributed by atoms with Crippen molar-refractivity contribution in [3.8, 4) is 0 Å². The summed E-state index contributed by atoms with van der Waals surface area (Å²) in [5.74, 6) is 0.0116. The van der Waals surface area contributed by atoms with E-state index in [2.05, 4.69) is 76.0 Å². The van der Waals surface area contributed by atoms with E-state index >= 15 is 0 Å². The first kappa shape index (κ1) is 17.6. The van der Waals surface area contributed by atoms with Crippen molar-refractivity contribution in [2.75, 3.05) is 11.9 Å². The third-order valence-corrected chi connectivity index (χ3v) is 4.93. The Hall–Kier alpha value is -2.17. The third kappa shape index (κ3) is 4.27. The lowest BCUT2D eigenvalue weighted by Gasteiger charge is -2.14. The molecule has 0 saturated carbocycles. The number of anilines is 1. The van der Waals surface area contributed by atoms with Crippen molar-refractivity contribution in [2.45, 2.75) is 19.9 Å². The molecule has 4 heteroatoms. The Bertz CT molecular complexity index is 902. The van der Waals surface area contributed by atoms with Gasteiger partial charge < -0.3 is 10.6 Å². The van der Waals surface area contributed by atoms with Crippen LogP contribution in [0.3, 0.4) is 0 Å². The number of carbonyl (C=O) groups is 1. The fourth-order valence-electron chi connectivity index (χ4n) is 3.03. The highest BCUT2D eigenvalue weighted by Crippen LogP contribution is 2.22. The Morgan fingerprint density at radius 2 is 1.88 bits per heavy atom. The molecule has 3 nitrogen and oxygen atoms in total. The molecule has 3 aromatic rings. The van der Waals surface area contributed by atoms with Gasteiger partial charge in [-0.05, 0) is 48.4 Å². The summed E-state index contributed by atoms with van der Waals surface area (Å²) in [5, 5.41) is 7.54. The van der Waals surface area contributed by atoms with Crippen LogP contribution >= 0.6 is 15.9 Å². The Morgan fingerprint density at radius 3 is 2.68 bits per heavy atom. The molecule has 3 N–H and O–H groups in total. The lowest BCUT2D eigenvalue weighted by molar-refractivity contribution is -0.682. The highest BCUT2D eigenvalue weighted by molar-refractivity contribution is 9.10. The number of nitrogens with one attached hydrogen (secondary N) is 1. The fraction of sp³-hybridized carbons (Fsp3) is 0.190. The number of rotatable bonds is 5. The van der Waals surface area contributed by atoms with Gasteiger partial charge in [-0.1, -0.05) is 58.4 Å². The van der Waals surface area contributed by atoms with Crippen molar-refractivity contribution in [1.29, 1.82) is 0 Å². The van der Waals surface area contributed by atoms with E-state index in [9.17, 15) is 4.79 Å². The number of benzene rings is 3. The van der Waals surface area contributed by atoms with Gasteiger partial charge in [0.15, 0.2) is 6.54 Å². The van der Waals surface area contributed by atoms with E-state index in [1.165, 1.54) is 16.3 Å². The van der Waals surface area contributed by atoms with Crippen molar-refractivity contribution in [3.05, 3.63) is 76.3 Å². The first-order valence-corrected chi connectivity index (χ1v) is 9.21. The van der Waals surface area contributed by atoms with Crippen molar-refractivity contribution in [1.82, 2.24) is 0 Å². The zero-order valence-corrected chi connectivity index (χ0v) is 16.0. The SMILES string of the molecule is Cc1cc(Br)ccc1NC(=O)C[NH2+][C@H](C)c1cccc2ccccc12. The Balaban J connectivity index is 1.65.